The Morgan fingerprint density at radius 3 is 1.94 bits per heavy atom. The van der Waals surface area contributed by atoms with Crippen molar-refractivity contribution in [1.82, 2.24) is 14.3 Å². The molecule has 0 bridgehead atoms. The van der Waals surface area contributed by atoms with Crippen LogP contribution >= 0.6 is 11.3 Å². The van der Waals surface area contributed by atoms with Gasteiger partial charge in [0.1, 0.15) is 5.56 Å². The summed E-state index contributed by atoms with van der Waals surface area (Å²) in [6.07, 6.45) is 1.41. The summed E-state index contributed by atoms with van der Waals surface area (Å²) < 4.78 is 1.54. The predicted molar refractivity (Wildman–Crippen MR) is 131 cm³/mol. The third-order valence-corrected chi connectivity index (χ3v) is 6.31. The summed E-state index contributed by atoms with van der Waals surface area (Å²) in [6, 6.07) is 29.2. The first-order valence-electron chi connectivity index (χ1n) is 10.6. The van der Waals surface area contributed by atoms with E-state index in [0.717, 1.165) is 22.4 Å². The maximum absolute atomic E-state index is 13.7. The summed E-state index contributed by atoms with van der Waals surface area (Å²) in [5.74, 6) is -0.334. The van der Waals surface area contributed by atoms with E-state index in [-0.39, 0.29) is 17.0 Å². The molecule has 3 aromatic carbocycles. The van der Waals surface area contributed by atoms with E-state index in [0.29, 0.717) is 18.1 Å². The van der Waals surface area contributed by atoms with Crippen LogP contribution in [0.2, 0.25) is 0 Å². The normalized spacial score (nSPS) is 10.9. The molecule has 0 atom stereocenters. The minimum Gasteiger partial charge on any atom is -0.330 e. The van der Waals surface area contributed by atoms with Crippen LogP contribution in [-0.2, 0) is 13.1 Å². The lowest BCUT2D eigenvalue weighted by Gasteiger charge is -2.23. The van der Waals surface area contributed by atoms with Gasteiger partial charge in [-0.1, -0.05) is 91.0 Å². The Morgan fingerprint density at radius 2 is 1.36 bits per heavy atom. The van der Waals surface area contributed by atoms with Crippen LogP contribution in [-0.4, -0.2) is 20.2 Å². The number of nitrogens with zero attached hydrogens (tertiary/aromatic N) is 3. The number of hydrogen-bond acceptors (Lipinski definition) is 4. The first-order chi connectivity index (χ1) is 16.2. The molecule has 1 amide bonds. The van der Waals surface area contributed by atoms with Crippen molar-refractivity contribution in [3.05, 3.63) is 130 Å². The molecule has 0 saturated heterocycles. The van der Waals surface area contributed by atoms with Gasteiger partial charge in [-0.15, -0.1) is 11.3 Å². The number of carbonyl (C=O) groups excluding carboxylic acids is 1. The Morgan fingerprint density at radius 1 is 0.818 bits per heavy atom. The van der Waals surface area contributed by atoms with Gasteiger partial charge in [0, 0.05) is 24.7 Å². The van der Waals surface area contributed by atoms with Crippen molar-refractivity contribution in [3.63, 3.8) is 0 Å². The molecule has 0 aliphatic heterocycles. The van der Waals surface area contributed by atoms with Gasteiger partial charge in [-0.3, -0.25) is 14.0 Å². The molecule has 0 saturated carbocycles. The number of thiazole rings is 1. The Hall–Kier alpha value is -4.03. The van der Waals surface area contributed by atoms with Crippen molar-refractivity contribution in [1.29, 1.82) is 0 Å². The minimum atomic E-state index is -0.351. The van der Waals surface area contributed by atoms with Gasteiger partial charge < -0.3 is 4.90 Å². The Bertz CT molecular complexity index is 1400. The molecule has 0 spiro atoms. The molecule has 6 heteroatoms. The molecule has 0 N–H and O–H groups in total. The molecule has 2 heterocycles. The molecule has 5 aromatic rings. The fourth-order valence-corrected chi connectivity index (χ4v) is 4.69. The smallest absolute Gasteiger partial charge is 0.271 e. The number of hydrogen-bond donors (Lipinski definition) is 0. The van der Waals surface area contributed by atoms with E-state index in [9.17, 15) is 9.59 Å². The number of fused-ring (bicyclic) bond motifs is 1. The fourth-order valence-electron chi connectivity index (χ4n) is 3.83. The van der Waals surface area contributed by atoms with Gasteiger partial charge in [0.05, 0.1) is 5.69 Å². The lowest BCUT2D eigenvalue weighted by molar-refractivity contribution is 0.0727. The van der Waals surface area contributed by atoms with Crippen LogP contribution in [0.25, 0.3) is 16.2 Å². The first-order valence-corrected chi connectivity index (χ1v) is 11.5. The van der Waals surface area contributed by atoms with Crippen LogP contribution in [0.1, 0.15) is 21.5 Å². The van der Waals surface area contributed by atoms with E-state index in [1.165, 1.54) is 21.9 Å². The molecule has 5 nitrogen and oxygen atoms in total. The Kier molecular flexibility index (Phi) is 5.83. The number of amides is 1. The number of benzene rings is 3. The highest BCUT2D eigenvalue weighted by Gasteiger charge is 2.22. The van der Waals surface area contributed by atoms with Gasteiger partial charge in [-0.05, 0) is 16.7 Å². The van der Waals surface area contributed by atoms with Gasteiger partial charge in [0.15, 0.2) is 4.96 Å². The summed E-state index contributed by atoms with van der Waals surface area (Å²) >= 11 is 1.38. The van der Waals surface area contributed by atoms with Crippen LogP contribution in [0, 0.1) is 0 Å². The largest absolute Gasteiger partial charge is 0.330 e. The molecule has 33 heavy (non-hydrogen) atoms. The van der Waals surface area contributed by atoms with E-state index < -0.39 is 0 Å². The number of rotatable bonds is 6. The van der Waals surface area contributed by atoms with Crippen LogP contribution in [0.4, 0.5) is 0 Å². The average Bonchev–Trinajstić information content (AvgIpc) is 3.31. The molecule has 2 aromatic heterocycles. The van der Waals surface area contributed by atoms with E-state index in [1.807, 2.05) is 96.4 Å². The Balaban J connectivity index is 1.56. The maximum atomic E-state index is 13.7. The average molecular weight is 452 g/mol. The second-order valence-corrected chi connectivity index (χ2v) is 8.55. The third kappa shape index (κ3) is 4.33. The molecule has 0 aliphatic rings. The lowest BCUT2D eigenvalue weighted by Crippen LogP contribution is -2.35. The van der Waals surface area contributed by atoms with Gasteiger partial charge in [0.2, 0.25) is 0 Å². The molecule has 0 radical (unpaired) electrons. The molecular formula is C27H21N3O2S. The first kappa shape index (κ1) is 20.8. The zero-order valence-corrected chi connectivity index (χ0v) is 18.6. The number of aromatic nitrogens is 2. The zero-order valence-electron chi connectivity index (χ0n) is 17.8. The molecule has 162 valence electrons. The van der Waals surface area contributed by atoms with Gasteiger partial charge in [0.25, 0.3) is 11.5 Å². The highest BCUT2D eigenvalue weighted by atomic mass is 32.1. The highest BCUT2D eigenvalue weighted by molar-refractivity contribution is 7.15. The van der Waals surface area contributed by atoms with E-state index in [4.69, 9.17) is 0 Å². The maximum Gasteiger partial charge on any atom is 0.271 e. The van der Waals surface area contributed by atoms with Gasteiger partial charge >= 0.3 is 0 Å². The molecule has 0 fully saturated rings. The molecular weight excluding hydrogens is 430 g/mol. The van der Waals surface area contributed by atoms with Crippen molar-refractivity contribution in [2.75, 3.05) is 0 Å². The number of carbonyl (C=O) groups is 1. The summed E-state index contributed by atoms with van der Waals surface area (Å²) in [5.41, 5.74) is 3.35. The summed E-state index contributed by atoms with van der Waals surface area (Å²) in [4.78, 5) is 33.9. The molecule has 5 rings (SSSR count). The summed E-state index contributed by atoms with van der Waals surface area (Å²) in [7, 11) is 0. The topological polar surface area (TPSA) is 54.7 Å². The third-order valence-electron chi connectivity index (χ3n) is 5.47. The summed E-state index contributed by atoms with van der Waals surface area (Å²) in [6.45, 7) is 0.789. The van der Waals surface area contributed by atoms with Crippen molar-refractivity contribution in [3.8, 4) is 11.3 Å². The second kappa shape index (κ2) is 9.22. The van der Waals surface area contributed by atoms with Crippen molar-refractivity contribution >= 4 is 22.2 Å². The van der Waals surface area contributed by atoms with Crippen LogP contribution in [0.3, 0.4) is 0 Å². The van der Waals surface area contributed by atoms with Crippen LogP contribution < -0.4 is 5.56 Å². The van der Waals surface area contributed by atoms with Crippen molar-refractivity contribution in [2.24, 2.45) is 0 Å². The monoisotopic (exact) mass is 451 g/mol. The quantitative estimate of drug-likeness (QED) is 0.354. The predicted octanol–water partition coefficient (Wildman–Crippen LogP) is 5.27. The standard InChI is InChI=1S/C27H21N3O2S/c31-25(29(17-20-10-4-1-5-11-20)18-21-12-6-2-7-13-21)23-16-28-27-30(26(23)32)24(19-33-27)22-14-8-3-9-15-22/h1-16,19H,17-18H2. The van der Waals surface area contributed by atoms with E-state index >= 15 is 0 Å². The molecule has 0 unspecified atom stereocenters. The molecule has 0 aliphatic carbocycles. The van der Waals surface area contributed by atoms with Gasteiger partial charge in [-0.25, -0.2) is 4.98 Å². The van der Waals surface area contributed by atoms with Crippen molar-refractivity contribution in [2.45, 2.75) is 13.1 Å². The summed E-state index contributed by atoms with van der Waals surface area (Å²) in [5, 5.41) is 1.90. The Labute approximate surface area is 195 Å². The van der Waals surface area contributed by atoms with E-state index in [1.54, 1.807) is 4.90 Å². The van der Waals surface area contributed by atoms with E-state index in [2.05, 4.69) is 4.98 Å². The highest BCUT2D eigenvalue weighted by Crippen LogP contribution is 2.24. The fraction of sp³-hybridized carbons (Fsp3) is 0.0741. The minimum absolute atomic E-state index is 0.0648. The SMILES string of the molecule is O=C(c1cnc2scc(-c3ccccc3)n2c1=O)N(Cc1ccccc1)Cc1ccccc1. The second-order valence-electron chi connectivity index (χ2n) is 7.71. The zero-order chi connectivity index (χ0) is 22.6. The lowest BCUT2D eigenvalue weighted by atomic mass is 10.1. The van der Waals surface area contributed by atoms with Crippen LogP contribution in [0.15, 0.2) is 107 Å². The van der Waals surface area contributed by atoms with Crippen molar-refractivity contribution < 1.29 is 4.79 Å². The van der Waals surface area contributed by atoms with Gasteiger partial charge in [-0.2, -0.15) is 0 Å². The van der Waals surface area contributed by atoms with Crippen LogP contribution in [0.5, 0.6) is 0 Å².